The van der Waals surface area contributed by atoms with Gasteiger partial charge in [0.2, 0.25) is 5.95 Å². The highest BCUT2D eigenvalue weighted by atomic mass is 16.5. The zero-order valence-corrected chi connectivity index (χ0v) is 19.2. The smallest absolute Gasteiger partial charge is 0.275 e. The van der Waals surface area contributed by atoms with E-state index in [4.69, 9.17) is 10.5 Å². The van der Waals surface area contributed by atoms with Crippen LogP contribution in [-0.2, 0) is 17.4 Å². The van der Waals surface area contributed by atoms with Crippen LogP contribution in [0.1, 0.15) is 28.8 Å². The molecule has 1 unspecified atom stereocenters. The Labute approximate surface area is 200 Å². The number of hydrogen-bond donors (Lipinski definition) is 2. The second-order valence-corrected chi connectivity index (χ2v) is 8.23. The highest BCUT2D eigenvalue weighted by molar-refractivity contribution is 6.05. The lowest BCUT2D eigenvalue weighted by atomic mass is 10.1. The molecule has 1 amide bonds. The van der Waals surface area contributed by atoms with Crippen molar-refractivity contribution in [3.8, 4) is 17.7 Å². The third-order valence-corrected chi connectivity index (χ3v) is 5.54. The molecule has 0 spiro atoms. The highest BCUT2D eigenvalue weighted by Crippen LogP contribution is 2.25. The van der Waals surface area contributed by atoms with Crippen LogP contribution in [0.4, 0.5) is 5.95 Å². The quantitative estimate of drug-likeness (QED) is 0.399. The molecule has 5 rings (SSSR count). The zero-order chi connectivity index (χ0) is 24.6. The van der Waals surface area contributed by atoms with Crippen molar-refractivity contribution in [2.45, 2.75) is 12.5 Å². The van der Waals surface area contributed by atoms with E-state index < -0.39 is 5.60 Å². The number of aromatic nitrogens is 7. The van der Waals surface area contributed by atoms with E-state index in [1.165, 1.54) is 24.1 Å². The van der Waals surface area contributed by atoms with Crippen LogP contribution in [0.25, 0.3) is 16.7 Å². The summed E-state index contributed by atoms with van der Waals surface area (Å²) >= 11 is 0. The maximum absolute atomic E-state index is 13.3. The fourth-order valence-electron chi connectivity index (χ4n) is 3.74. The molecule has 1 aliphatic heterocycles. The predicted molar refractivity (Wildman–Crippen MR) is 125 cm³/mol. The van der Waals surface area contributed by atoms with Gasteiger partial charge in [0.05, 0.1) is 18.7 Å². The molecule has 12 nitrogen and oxygen atoms in total. The first-order valence-electron chi connectivity index (χ1n) is 10.9. The Morgan fingerprint density at radius 2 is 2.00 bits per heavy atom. The molecule has 3 N–H and O–H groups in total. The van der Waals surface area contributed by atoms with Crippen LogP contribution in [-0.4, -0.2) is 76.7 Å². The Bertz CT molecular complexity index is 1470. The van der Waals surface area contributed by atoms with Crippen molar-refractivity contribution >= 4 is 22.8 Å². The van der Waals surface area contributed by atoms with E-state index in [1.807, 2.05) is 0 Å². The Morgan fingerprint density at radius 1 is 1.20 bits per heavy atom. The van der Waals surface area contributed by atoms with Gasteiger partial charge in [0.15, 0.2) is 22.9 Å². The summed E-state index contributed by atoms with van der Waals surface area (Å²) in [7, 11) is 1.71. The number of carbonyl (C=O) groups excluding carboxylic acids is 1. The van der Waals surface area contributed by atoms with E-state index in [9.17, 15) is 9.90 Å². The first-order chi connectivity index (χ1) is 16.8. The number of rotatable bonds is 3. The number of anilines is 1. The van der Waals surface area contributed by atoms with E-state index in [2.05, 4.69) is 37.0 Å². The number of nitrogens with two attached hydrogens (primary N) is 1. The van der Waals surface area contributed by atoms with Gasteiger partial charge in [-0.15, -0.1) is 0 Å². The maximum Gasteiger partial charge on any atom is 0.275 e. The summed E-state index contributed by atoms with van der Waals surface area (Å²) in [6.07, 6.45) is 3.02. The van der Waals surface area contributed by atoms with Crippen LogP contribution in [0.3, 0.4) is 0 Å². The monoisotopic (exact) mass is 473 g/mol. The summed E-state index contributed by atoms with van der Waals surface area (Å²) in [4.78, 5) is 27.3. The largest absolute Gasteiger partial charge is 0.378 e. The lowest BCUT2D eigenvalue weighted by molar-refractivity contribution is 0.0300. The van der Waals surface area contributed by atoms with Crippen molar-refractivity contribution in [2.75, 3.05) is 32.0 Å². The van der Waals surface area contributed by atoms with Crippen molar-refractivity contribution in [3.63, 3.8) is 0 Å². The molecule has 1 fully saturated rings. The van der Waals surface area contributed by atoms with Crippen molar-refractivity contribution in [2.24, 2.45) is 7.05 Å². The second kappa shape index (κ2) is 8.79. The van der Waals surface area contributed by atoms with Crippen molar-refractivity contribution < 1.29 is 14.6 Å². The number of nitrogens with zero attached hydrogens (tertiary/aromatic N) is 8. The molecule has 1 saturated heterocycles. The molecular weight excluding hydrogens is 450 g/mol. The van der Waals surface area contributed by atoms with Crippen molar-refractivity contribution in [3.05, 3.63) is 53.9 Å². The minimum absolute atomic E-state index is 0.0852. The number of carbonyl (C=O) groups is 1. The number of morpholine rings is 1. The lowest BCUT2D eigenvalue weighted by Gasteiger charge is -2.26. The standard InChI is InChI=1S/C23H23N9O3/c1-23(34,21-26-14-30(2)29-21)7-5-15-3-4-16-17(13-15)32(18-6-8-25-22(24)27-18)28-19(16)20(33)31-9-11-35-12-10-31/h3-4,6,8,13-14,34H,9-12H2,1-2H3,(H2,24,25,27). The normalized spacial score (nSPS) is 15.5. The van der Waals surface area contributed by atoms with Crippen molar-refractivity contribution in [1.82, 2.24) is 39.4 Å². The third kappa shape index (κ3) is 4.42. The average molecular weight is 473 g/mol. The Hall–Kier alpha value is -4.34. The van der Waals surface area contributed by atoms with Gasteiger partial charge in [-0.3, -0.25) is 9.48 Å². The number of fused-ring (bicyclic) bond motifs is 1. The molecule has 0 bridgehead atoms. The Balaban J connectivity index is 1.59. The zero-order valence-electron chi connectivity index (χ0n) is 19.2. The van der Waals surface area contributed by atoms with Crippen LogP contribution >= 0.6 is 0 Å². The van der Waals surface area contributed by atoms with Crippen LogP contribution in [0, 0.1) is 11.8 Å². The Morgan fingerprint density at radius 3 is 2.71 bits per heavy atom. The van der Waals surface area contributed by atoms with E-state index in [-0.39, 0.29) is 17.7 Å². The number of ether oxygens (including phenoxy) is 1. The van der Waals surface area contributed by atoms with E-state index in [1.54, 1.807) is 40.9 Å². The van der Waals surface area contributed by atoms with Gasteiger partial charge in [-0.1, -0.05) is 11.8 Å². The lowest BCUT2D eigenvalue weighted by Crippen LogP contribution is -2.41. The number of amides is 1. The third-order valence-electron chi connectivity index (χ3n) is 5.54. The van der Waals surface area contributed by atoms with Gasteiger partial charge in [0, 0.05) is 43.4 Å². The fraction of sp³-hybridized carbons (Fsp3) is 0.304. The Kier molecular flexibility index (Phi) is 5.64. The molecule has 1 aliphatic rings. The summed E-state index contributed by atoms with van der Waals surface area (Å²) in [6, 6.07) is 7.00. The van der Waals surface area contributed by atoms with E-state index in [0.717, 1.165) is 0 Å². The molecule has 1 aromatic carbocycles. The second-order valence-electron chi connectivity index (χ2n) is 8.23. The summed E-state index contributed by atoms with van der Waals surface area (Å²) in [5, 5.41) is 20.1. The highest BCUT2D eigenvalue weighted by Gasteiger charge is 2.26. The molecule has 0 saturated carbocycles. The minimum atomic E-state index is -1.55. The predicted octanol–water partition coefficient (Wildman–Crippen LogP) is 0.258. The number of aliphatic hydroxyl groups is 1. The topological polar surface area (TPSA) is 150 Å². The number of aryl methyl sites for hydroxylation is 1. The van der Waals surface area contributed by atoms with Gasteiger partial charge < -0.3 is 20.5 Å². The van der Waals surface area contributed by atoms with Gasteiger partial charge in [-0.25, -0.2) is 14.6 Å². The van der Waals surface area contributed by atoms with Crippen LogP contribution in [0.15, 0.2) is 36.8 Å². The first-order valence-corrected chi connectivity index (χ1v) is 10.9. The van der Waals surface area contributed by atoms with Crippen LogP contribution in [0.2, 0.25) is 0 Å². The molecule has 4 heterocycles. The summed E-state index contributed by atoms with van der Waals surface area (Å²) in [5.41, 5.74) is 5.75. The van der Waals surface area contributed by atoms with Gasteiger partial charge in [-0.2, -0.15) is 15.2 Å². The van der Waals surface area contributed by atoms with Gasteiger partial charge >= 0.3 is 0 Å². The van der Waals surface area contributed by atoms with E-state index >= 15 is 0 Å². The molecule has 178 valence electrons. The van der Waals surface area contributed by atoms with Gasteiger partial charge in [0.25, 0.3) is 5.91 Å². The minimum Gasteiger partial charge on any atom is -0.378 e. The summed E-state index contributed by atoms with van der Waals surface area (Å²) in [5.74, 6) is 6.31. The average Bonchev–Trinajstić information content (AvgIpc) is 3.47. The van der Waals surface area contributed by atoms with Crippen molar-refractivity contribution in [1.29, 1.82) is 0 Å². The van der Waals surface area contributed by atoms with Crippen LogP contribution < -0.4 is 5.73 Å². The SMILES string of the molecule is Cn1cnc(C(C)(O)C#Cc2ccc3c(C(=O)N4CCOCC4)nn(-c4ccnc(N)n4)c3c2)n1. The molecule has 12 heteroatoms. The summed E-state index contributed by atoms with van der Waals surface area (Å²) < 4.78 is 8.41. The molecule has 35 heavy (non-hydrogen) atoms. The maximum atomic E-state index is 13.3. The number of benzene rings is 1. The number of nitrogen functional groups attached to an aromatic ring is 1. The van der Waals surface area contributed by atoms with Gasteiger partial charge in [0.1, 0.15) is 6.33 Å². The number of hydrogen-bond acceptors (Lipinski definition) is 9. The molecule has 3 aromatic heterocycles. The fourth-order valence-corrected chi connectivity index (χ4v) is 3.74. The molecular formula is C23H23N9O3. The van der Waals surface area contributed by atoms with E-state index in [0.29, 0.717) is 54.3 Å². The van der Waals surface area contributed by atoms with Gasteiger partial charge in [-0.05, 0) is 25.1 Å². The molecule has 0 aliphatic carbocycles. The molecule has 4 aromatic rings. The first kappa shape index (κ1) is 22.5. The van der Waals surface area contributed by atoms with Crippen LogP contribution in [0.5, 0.6) is 0 Å². The molecule has 0 radical (unpaired) electrons. The summed E-state index contributed by atoms with van der Waals surface area (Å²) in [6.45, 7) is 3.48. The molecule has 1 atom stereocenters.